The molecule has 0 saturated heterocycles. The molecule has 136 valence electrons. The highest BCUT2D eigenvalue weighted by Crippen LogP contribution is 2.27. The molecule has 2 aromatic rings. The van der Waals surface area contributed by atoms with Gasteiger partial charge in [0.15, 0.2) is 0 Å². The second-order valence-corrected chi connectivity index (χ2v) is 6.51. The number of benzene rings is 1. The SMILES string of the molecule is Cl.NC1CCC(C(=O)N(Cc2ccccc2)CC(O)c2ccco2)C1. The van der Waals surface area contributed by atoms with Crippen LogP contribution in [-0.4, -0.2) is 28.5 Å². The Hall–Kier alpha value is -1.82. The zero-order chi connectivity index (χ0) is 16.9. The van der Waals surface area contributed by atoms with Crippen molar-refractivity contribution >= 4 is 18.3 Å². The molecule has 1 aliphatic rings. The van der Waals surface area contributed by atoms with Gasteiger partial charge in [-0.15, -0.1) is 12.4 Å². The lowest BCUT2D eigenvalue weighted by Gasteiger charge is -2.27. The van der Waals surface area contributed by atoms with E-state index in [0.717, 1.165) is 24.8 Å². The van der Waals surface area contributed by atoms with Gasteiger partial charge in [0.1, 0.15) is 11.9 Å². The van der Waals surface area contributed by atoms with E-state index < -0.39 is 6.10 Å². The minimum Gasteiger partial charge on any atom is -0.467 e. The summed E-state index contributed by atoms with van der Waals surface area (Å²) in [6.07, 6.45) is 3.12. The van der Waals surface area contributed by atoms with Crippen LogP contribution in [0, 0.1) is 5.92 Å². The summed E-state index contributed by atoms with van der Waals surface area (Å²) in [4.78, 5) is 14.7. The zero-order valence-electron chi connectivity index (χ0n) is 14.1. The highest BCUT2D eigenvalue weighted by Gasteiger charge is 2.32. The van der Waals surface area contributed by atoms with Crippen LogP contribution in [0.1, 0.15) is 36.7 Å². The van der Waals surface area contributed by atoms with Gasteiger partial charge in [0, 0.05) is 18.5 Å². The molecule has 1 amide bonds. The van der Waals surface area contributed by atoms with Crippen LogP contribution in [0.15, 0.2) is 53.1 Å². The number of aliphatic hydroxyl groups is 1. The number of aliphatic hydroxyl groups excluding tert-OH is 1. The van der Waals surface area contributed by atoms with Crippen LogP contribution < -0.4 is 5.73 Å². The largest absolute Gasteiger partial charge is 0.467 e. The van der Waals surface area contributed by atoms with E-state index >= 15 is 0 Å². The molecular formula is C19H25ClN2O3. The monoisotopic (exact) mass is 364 g/mol. The van der Waals surface area contributed by atoms with Crippen molar-refractivity contribution in [3.8, 4) is 0 Å². The second-order valence-electron chi connectivity index (χ2n) is 6.51. The molecule has 0 radical (unpaired) electrons. The van der Waals surface area contributed by atoms with Crippen LogP contribution in [0.25, 0.3) is 0 Å². The molecule has 3 N–H and O–H groups in total. The van der Waals surface area contributed by atoms with Crippen molar-refractivity contribution in [3.05, 3.63) is 60.1 Å². The van der Waals surface area contributed by atoms with Gasteiger partial charge in [-0.1, -0.05) is 30.3 Å². The number of rotatable bonds is 6. The molecule has 3 rings (SSSR count). The maximum atomic E-state index is 12.9. The molecule has 1 fully saturated rings. The van der Waals surface area contributed by atoms with E-state index in [1.54, 1.807) is 17.0 Å². The Bertz CT molecular complexity index is 648. The normalized spacial score (nSPS) is 20.7. The molecule has 25 heavy (non-hydrogen) atoms. The van der Waals surface area contributed by atoms with Crippen LogP contribution in [0.5, 0.6) is 0 Å². The van der Waals surface area contributed by atoms with Gasteiger partial charge in [-0.25, -0.2) is 0 Å². The summed E-state index contributed by atoms with van der Waals surface area (Å²) in [5, 5.41) is 10.4. The van der Waals surface area contributed by atoms with Crippen molar-refractivity contribution in [1.82, 2.24) is 4.90 Å². The molecule has 0 spiro atoms. The van der Waals surface area contributed by atoms with E-state index in [1.807, 2.05) is 30.3 Å². The summed E-state index contributed by atoms with van der Waals surface area (Å²) in [5.41, 5.74) is 7.00. The molecule has 1 heterocycles. The summed E-state index contributed by atoms with van der Waals surface area (Å²) >= 11 is 0. The maximum absolute atomic E-state index is 12.9. The van der Waals surface area contributed by atoms with Crippen molar-refractivity contribution in [2.24, 2.45) is 11.7 Å². The van der Waals surface area contributed by atoms with Gasteiger partial charge in [-0.3, -0.25) is 4.79 Å². The van der Waals surface area contributed by atoms with Gasteiger partial charge >= 0.3 is 0 Å². The molecule has 6 heteroatoms. The average Bonchev–Trinajstić information content (AvgIpc) is 3.26. The minimum atomic E-state index is -0.831. The number of furan rings is 1. The molecule has 0 aliphatic heterocycles. The quantitative estimate of drug-likeness (QED) is 0.826. The highest BCUT2D eigenvalue weighted by molar-refractivity contribution is 5.85. The molecule has 0 bridgehead atoms. The van der Waals surface area contributed by atoms with Crippen LogP contribution >= 0.6 is 12.4 Å². The standard InChI is InChI=1S/C19H24N2O3.ClH/c20-16-9-8-15(11-16)19(23)21(12-14-5-2-1-3-6-14)13-17(22)18-7-4-10-24-18;/h1-7,10,15-17,22H,8-9,11-13,20H2;1H. The summed E-state index contributed by atoms with van der Waals surface area (Å²) in [7, 11) is 0. The van der Waals surface area contributed by atoms with Gasteiger partial charge in [-0.05, 0) is 37.0 Å². The summed E-state index contributed by atoms with van der Waals surface area (Å²) < 4.78 is 5.26. The first-order valence-corrected chi connectivity index (χ1v) is 8.43. The number of nitrogens with two attached hydrogens (primary N) is 1. The number of carbonyl (C=O) groups is 1. The molecule has 3 atom stereocenters. The highest BCUT2D eigenvalue weighted by atomic mass is 35.5. The molecule has 1 aliphatic carbocycles. The Morgan fingerprint density at radius 2 is 2.00 bits per heavy atom. The maximum Gasteiger partial charge on any atom is 0.226 e. The van der Waals surface area contributed by atoms with Crippen LogP contribution in [-0.2, 0) is 11.3 Å². The van der Waals surface area contributed by atoms with Crippen molar-refractivity contribution in [3.63, 3.8) is 0 Å². The number of carbonyl (C=O) groups excluding carboxylic acids is 1. The van der Waals surface area contributed by atoms with Gasteiger partial charge in [0.25, 0.3) is 0 Å². The van der Waals surface area contributed by atoms with Gasteiger partial charge < -0.3 is 20.2 Å². The van der Waals surface area contributed by atoms with Gasteiger partial charge in [0.05, 0.1) is 12.8 Å². The Morgan fingerprint density at radius 1 is 1.24 bits per heavy atom. The van der Waals surface area contributed by atoms with E-state index in [1.165, 1.54) is 6.26 Å². The van der Waals surface area contributed by atoms with E-state index in [0.29, 0.717) is 12.3 Å². The summed E-state index contributed by atoms with van der Waals surface area (Å²) in [6.45, 7) is 0.691. The Balaban J connectivity index is 0.00000225. The topological polar surface area (TPSA) is 79.7 Å². The third kappa shape index (κ3) is 5.08. The fourth-order valence-electron chi connectivity index (χ4n) is 3.31. The van der Waals surface area contributed by atoms with E-state index in [2.05, 4.69) is 0 Å². The van der Waals surface area contributed by atoms with Crippen molar-refractivity contribution in [2.45, 2.75) is 38.0 Å². The van der Waals surface area contributed by atoms with Crippen LogP contribution in [0.3, 0.4) is 0 Å². The third-order valence-electron chi connectivity index (χ3n) is 4.62. The van der Waals surface area contributed by atoms with Crippen molar-refractivity contribution < 1.29 is 14.3 Å². The van der Waals surface area contributed by atoms with E-state index in [-0.39, 0.29) is 36.8 Å². The Morgan fingerprint density at radius 3 is 2.60 bits per heavy atom. The van der Waals surface area contributed by atoms with Gasteiger partial charge in [-0.2, -0.15) is 0 Å². The molecule has 5 nitrogen and oxygen atoms in total. The molecular weight excluding hydrogens is 340 g/mol. The number of hydrogen-bond acceptors (Lipinski definition) is 4. The molecule has 3 unspecified atom stereocenters. The summed E-state index contributed by atoms with van der Waals surface area (Å²) in [6, 6.07) is 13.4. The van der Waals surface area contributed by atoms with Gasteiger partial charge in [0.2, 0.25) is 5.91 Å². The van der Waals surface area contributed by atoms with Crippen molar-refractivity contribution in [2.75, 3.05) is 6.54 Å². The van der Waals surface area contributed by atoms with E-state index in [9.17, 15) is 9.90 Å². The Kier molecular flexibility index (Phi) is 7.05. The number of amides is 1. The van der Waals surface area contributed by atoms with Crippen LogP contribution in [0.4, 0.5) is 0 Å². The average molecular weight is 365 g/mol. The second kappa shape index (κ2) is 9.04. The number of halogens is 1. The first-order chi connectivity index (χ1) is 11.6. The first-order valence-electron chi connectivity index (χ1n) is 8.43. The fourth-order valence-corrected chi connectivity index (χ4v) is 3.31. The van der Waals surface area contributed by atoms with Crippen LogP contribution in [0.2, 0.25) is 0 Å². The van der Waals surface area contributed by atoms with Crippen molar-refractivity contribution in [1.29, 1.82) is 0 Å². The lowest BCUT2D eigenvalue weighted by molar-refractivity contribution is -0.137. The molecule has 1 aromatic carbocycles. The smallest absolute Gasteiger partial charge is 0.226 e. The minimum absolute atomic E-state index is 0. The Labute approximate surface area is 154 Å². The predicted molar refractivity (Wildman–Crippen MR) is 98.1 cm³/mol. The molecule has 1 aromatic heterocycles. The van der Waals surface area contributed by atoms with E-state index in [4.69, 9.17) is 10.2 Å². The predicted octanol–water partition coefficient (Wildman–Crippen LogP) is 2.89. The molecule has 1 saturated carbocycles. The first kappa shape index (κ1) is 19.5. The lowest BCUT2D eigenvalue weighted by Crippen LogP contribution is -2.38. The fraction of sp³-hybridized carbons (Fsp3) is 0.421. The summed E-state index contributed by atoms with van der Waals surface area (Å²) in [5.74, 6) is 0.494. The zero-order valence-corrected chi connectivity index (χ0v) is 14.9. The number of nitrogens with zero attached hydrogens (tertiary/aromatic N) is 1. The third-order valence-corrected chi connectivity index (χ3v) is 4.62. The number of hydrogen-bond donors (Lipinski definition) is 2. The lowest BCUT2D eigenvalue weighted by atomic mass is 10.0.